The van der Waals surface area contributed by atoms with Gasteiger partial charge in [-0.25, -0.2) is 0 Å². The van der Waals surface area contributed by atoms with Crippen LogP contribution in [0.5, 0.6) is 5.75 Å². The predicted molar refractivity (Wildman–Crippen MR) is 89.1 cm³/mol. The molecule has 2 unspecified atom stereocenters. The summed E-state index contributed by atoms with van der Waals surface area (Å²) in [5.41, 5.74) is 1.17. The summed E-state index contributed by atoms with van der Waals surface area (Å²) in [5.74, 6) is 1.96. The second-order valence-electron chi connectivity index (χ2n) is 6.34. The second-order valence-corrected chi connectivity index (χ2v) is 6.34. The van der Waals surface area contributed by atoms with E-state index < -0.39 is 0 Å². The molecule has 0 spiro atoms. The average Bonchev–Trinajstić information content (AvgIpc) is 2.54. The zero-order chi connectivity index (χ0) is 15.8. The maximum atomic E-state index is 12.1. The number of hydrogen-bond acceptors (Lipinski definition) is 3. The van der Waals surface area contributed by atoms with Crippen molar-refractivity contribution in [1.29, 1.82) is 0 Å². The molecule has 1 aromatic carbocycles. The monoisotopic (exact) mass is 304 g/mol. The number of para-hydroxylation sites is 1. The van der Waals surface area contributed by atoms with Gasteiger partial charge in [-0.05, 0) is 55.8 Å². The van der Waals surface area contributed by atoms with Crippen LogP contribution in [0.3, 0.4) is 0 Å². The molecular formula is C18H28N2O2. The molecule has 22 heavy (non-hydrogen) atoms. The standard InChI is InChI=1S/C18H28N2O2/c1-14(10-16-7-3-4-8-17(16)22-2)11-18(21)20-13-15-6-5-9-19-12-15/h3-4,7-8,14-15,19H,5-6,9-13H2,1-2H3,(H,20,21). The lowest BCUT2D eigenvalue weighted by molar-refractivity contribution is -0.122. The fraction of sp³-hybridized carbons (Fsp3) is 0.611. The van der Waals surface area contributed by atoms with Crippen molar-refractivity contribution in [1.82, 2.24) is 10.6 Å². The predicted octanol–water partition coefficient (Wildman–Crippen LogP) is 2.38. The van der Waals surface area contributed by atoms with Gasteiger partial charge in [0, 0.05) is 13.0 Å². The highest BCUT2D eigenvalue weighted by atomic mass is 16.5. The minimum Gasteiger partial charge on any atom is -0.496 e. The van der Waals surface area contributed by atoms with Crippen LogP contribution in [0.15, 0.2) is 24.3 Å². The Balaban J connectivity index is 1.73. The third kappa shape index (κ3) is 5.34. The van der Waals surface area contributed by atoms with Gasteiger partial charge in [0.25, 0.3) is 0 Å². The van der Waals surface area contributed by atoms with Gasteiger partial charge in [0.1, 0.15) is 5.75 Å². The number of carbonyl (C=O) groups excluding carboxylic acids is 1. The molecule has 4 heteroatoms. The van der Waals surface area contributed by atoms with Crippen LogP contribution in [0, 0.1) is 11.8 Å². The van der Waals surface area contributed by atoms with Gasteiger partial charge in [0.15, 0.2) is 0 Å². The lowest BCUT2D eigenvalue weighted by Gasteiger charge is -2.23. The third-order valence-corrected chi connectivity index (χ3v) is 4.28. The Morgan fingerprint density at radius 2 is 2.27 bits per heavy atom. The topological polar surface area (TPSA) is 50.4 Å². The molecule has 0 aromatic heterocycles. The number of carbonyl (C=O) groups is 1. The van der Waals surface area contributed by atoms with Gasteiger partial charge in [0.2, 0.25) is 5.91 Å². The Kier molecular flexibility index (Phi) is 6.72. The summed E-state index contributed by atoms with van der Waals surface area (Å²) < 4.78 is 5.37. The van der Waals surface area contributed by atoms with E-state index in [9.17, 15) is 4.79 Å². The van der Waals surface area contributed by atoms with Crippen LogP contribution < -0.4 is 15.4 Å². The van der Waals surface area contributed by atoms with Crippen molar-refractivity contribution in [3.8, 4) is 5.75 Å². The molecule has 0 radical (unpaired) electrons. The van der Waals surface area contributed by atoms with E-state index >= 15 is 0 Å². The van der Waals surface area contributed by atoms with E-state index in [1.165, 1.54) is 18.4 Å². The highest BCUT2D eigenvalue weighted by Crippen LogP contribution is 2.22. The number of methoxy groups -OCH3 is 1. The molecule has 1 fully saturated rings. The Bertz CT molecular complexity index is 470. The van der Waals surface area contributed by atoms with Crippen molar-refractivity contribution >= 4 is 5.91 Å². The SMILES string of the molecule is COc1ccccc1CC(C)CC(=O)NCC1CCCNC1. The molecule has 2 atom stereocenters. The van der Waals surface area contributed by atoms with Crippen molar-refractivity contribution in [3.63, 3.8) is 0 Å². The molecule has 4 nitrogen and oxygen atoms in total. The number of nitrogens with one attached hydrogen (secondary N) is 2. The summed E-state index contributed by atoms with van der Waals surface area (Å²) in [6.45, 7) is 5.05. The molecular weight excluding hydrogens is 276 g/mol. The van der Waals surface area contributed by atoms with E-state index in [1.54, 1.807) is 7.11 Å². The van der Waals surface area contributed by atoms with Crippen molar-refractivity contribution in [2.75, 3.05) is 26.7 Å². The Labute approximate surface area is 133 Å². The zero-order valence-corrected chi connectivity index (χ0v) is 13.7. The van der Waals surface area contributed by atoms with Crippen LogP contribution in [-0.4, -0.2) is 32.7 Å². The Morgan fingerprint density at radius 3 is 3.00 bits per heavy atom. The van der Waals surface area contributed by atoms with Gasteiger partial charge in [-0.1, -0.05) is 25.1 Å². The van der Waals surface area contributed by atoms with Gasteiger partial charge >= 0.3 is 0 Å². The summed E-state index contributed by atoms with van der Waals surface area (Å²) in [4.78, 5) is 12.1. The molecule has 1 heterocycles. The second kappa shape index (κ2) is 8.79. The fourth-order valence-electron chi connectivity index (χ4n) is 3.06. The van der Waals surface area contributed by atoms with E-state index in [-0.39, 0.29) is 5.91 Å². The fourth-order valence-corrected chi connectivity index (χ4v) is 3.06. The molecule has 0 bridgehead atoms. The molecule has 1 aliphatic heterocycles. The van der Waals surface area contributed by atoms with Crippen molar-refractivity contribution in [2.45, 2.75) is 32.6 Å². The first kappa shape index (κ1) is 16.8. The van der Waals surface area contributed by atoms with Gasteiger partial charge in [0.05, 0.1) is 7.11 Å². The summed E-state index contributed by atoms with van der Waals surface area (Å²) in [5, 5.41) is 6.47. The summed E-state index contributed by atoms with van der Waals surface area (Å²) in [6.07, 6.45) is 3.86. The lowest BCUT2D eigenvalue weighted by atomic mass is 9.96. The van der Waals surface area contributed by atoms with Crippen LogP contribution in [0.2, 0.25) is 0 Å². The highest BCUT2D eigenvalue weighted by molar-refractivity contribution is 5.76. The zero-order valence-electron chi connectivity index (χ0n) is 13.7. The molecule has 2 rings (SSSR count). The molecule has 122 valence electrons. The highest BCUT2D eigenvalue weighted by Gasteiger charge is 2.16. The smallest absolute Gasteiger partial charge is 0.220 e. The van der Waals surface area contributed by atoms with Gasteiger partial charge in [-0.2, -0.15) is 0 Å². The van der Waals surface area contributed by atoms with Crippen molar-refractivity contribution < 1.29 is 9.53 Å². The van der Waals surface area contributed by atoms with Crippen LogP contribution in [0.1, 0.15) is 31.7 Å². The van der Waals surface area contributed by atoms with Crippen molar-refractivity contribution in [3.05, 3.63) is 29.8 Å². The third-order valence-electron chi connectivity index (χ3n) is 4.28. The molecule has 0 saturated carbocycles. The van der Waals surface area contributed by atoms with Crippen LogP contribution in [-0.2, 0) is 11.2 Å². The maximum absolute atomic E-state index is 12.1. The first-order chi connectivity index (χ1) is 10.7. The van der Waals surface area contributed by atoms with Gasteiger partial charge in [-0.3, -0.25) is 4.79 Å². The van der Waals surface area contributed by atoms with E-state index in [2.05, 4.69) is 23.6 Å². The van der Waals surface area contributed by atoms with E-state index in [1.807, 2.05) is 18.2 Å². The van der Waals surface area contributed by atoms with Gasteiger partial charge in [-0.15, -0.1) is 0 Å². The number of benzene rings is 1. The van der Waals surface area contributed by atoms with E-state index in [4.69, 9.17) is 4.74 Å². The van der Waals surface area contributed by atoms with Crippen LogP contribution in [0.4, 0.5) is 0 Å². The van der Waals surface area contributed by atoms with Crippen LogP contribution in [0.25, 0.3) is 0 Å². The quantitative estimate of drug-likeness (QED) is 0.813. The largest absolute Gasteiger partial charge is 0.496 e. The molecule has 1 amide bonds. The van der Waals surface area contributed by atoms with Crippen LogP contribution >= 0.6 is 0 Å². The number of rotatable bonds is 7. The summed E-state index contributed by atoms with van der Waals surface area (Å²) in [6, 6.07) is 8.03. The molecule has 1 saturated heterocycles. The van der Waals surface area contributed by atoms with E-state index in [0.29, 0.717) is 18.3 Å². The Hall–Kier alpha value is -1.55. The minimum atomic E-state index is 0.160. The Morgan fingerprint density at radius 1 is 1.45 bits per heavy atom. The lowest BCUT2D eigenvalue weighted by Crippen LogP contribution is -2.38. The first-order valence-electron chi connectivity index (χ1n) is 8.28. The number of amides is 1. The number of ether oxygens (including phenoxy) is 1. The molecule has 2 N–H and O–H groups in total. The summed E-state index contributed by atoms with van der Waals surface area (Å²) in [7, 11) is 1.69. The minimum absolute atomic E-state index is 0.160. The first-order valence-corrected chi connectivity index (χ1v) is 8.28. The number of hydrogen-bond donors (Lipinski definition) is 2. The number of piperidine rings is 1. The van der Waals surface area contributed by atoms with E-state index in [0.717, 1.165) is 31.8 Å². The summed E-state index contributed by atoms with van der Waals surface area (Å²) >= 11 is 0. The maximum Gasteiger partial charge on any atom is 0.220 e. The molecule has 1 aromatic rings. The molecule has 1 aliphatic rings. The van der Waals surface area contributed by atoms with Gasteiger partial charge < -0.3 is 15.4 Å². The average molecular weight is 304 g/mol. The van der Waals surface area contributed by atoms with Crippen molar-refractivity contribution in [2.24, 2.45) is 11.8 Å². The molecule has 0 aliphatic carbocycles. The normalized spacial score (nSPS) is 19.5.